The lowest BCUT2D eigenvalue weighted by molar-refractivity contribution is 0.0956. The molecule has 7 rings (SSSR count). The smallest absolute Gasteiger partial charge is 0.407 e. The number of halogens is 2. The van der Waals surface area contributed by atoms with Gasteiger partial charge >= 0.3 is 6.09 Å². The molecule has 0 radical (unpaired) electrons. The predicted octanol–water partition coefficient (Wildman–Crippen LogP) is 4.59. The maximum atomic E-state index is 16.3. The van der Waals surface area contributed by atoms with Gasteiger partial charge in [0.2, 0.25) is 5.88 Å². The molecule has 0 spiro atoms. The summed E-state index contributed by atoms with van der Waals surface area (Å²) in [4.78, 5) is 29.0. The van der Waals surface area contributed by atoms with Crippen LogP contribution in [0.3, 0.4) is 0 Å². The van der Waals surface area contributed by atoms with Gasteiger partial charge in [-0.1, -0.05) is 30.2 Å². The first-order valence-corrected chi connectivity index (χ1v) is 12.4. The molecule has 190 valence electrons. The number of ether oxygens (including phenoxy) is 1. The third-order valence-corrected chi connectivity index (χ3v) is 8.01. The Kier molecular flexibility index (Phi) is 4.92. The third-order valence-electron chi connectivity index (χ3n) is 8.01. The lowest BCUT2D eigenvalue weighted by Crippen LogP contribution is -2.62. The number of amides is 1. The Morgan fingerprint density at radius 3 is 2.79 bits per heavy atom. The van der Waals surface area contributed by atoms with Crippen molar-refractivity contribution in [3.63, 3.8) is 0 Å². The van der Waals surface area contributed by atoms with Crippen LogP contribution in [-0.2, 0) is 0 Å². The number of piperazine rings is 1. The quantitative estimate of drug-likeness (QED) is 0.373. The summed E-state index contributed by atoms with van der Waals surface area (Å²) >= 11 is 0. The molecule has 4 aromatic rings. The summed E-state index contributed by atoms with van der Waals surface area (Å²) in [6.07, 6.45) is 8.06. The van der Waals surface area contributed by atoms with Gasteiger partial charge in [0.15, 0.2) is 5.82 Å². The first-order valence-electron chi connectivity index (χ1n) is 12.4. The second-order valence-corrected chi connectivity index (χ2v) is 9.82. The van der Waals surface area contributed by atoms with Crippen LogP contribution >= 0.6 is 0 Å². The highest BCUT2D eigenvalue weighted by Crippen LogP contribution is 2.44. The van der Waals surface area contributed by atoms with Crippen LogP contribution in [0.1, 0.15) is 24.8 Å². The van der Waals surface area contributed by atoms with Crippen LogP contribution < -0.4 is 9.64 Å². The highest BCUT2D eigenvalue weighted by atomic mass is 19.1. The van der Waals surface area contributed by atoms with Crippen molar-refractivity contribution in [2.45, 2.75) is 37.4 Å². The van der Waals surface area contributed by atoms with Gasteiger partial charge < -0.3 is 14.7 Å². The van der Waals surface area contributed by atoms with E-state index < -0.39 is 17.7 Å². The molecule has 2 bridgehead atoms. The zero-order chi connectivity index (χ0) is 26.1. The molecule has 1 N–H and O–H groups in total. The monoisotopic (exact) mass is 513 g/mol. The van der Waals surface area contributed by atoms with Crippen molar-refractivity contribution in [1.29, 1.82) is 0 Å². The van der Waals surface area contributed by atoms with Gasteiger partial charge in [-0.3, -0.25) is 4.90 Å². The van der Waals surface area contributed by atoms with Crippen molar-refractivity contribution >= 4 is 33.6 Å². The van der Waals surface area contributed by atoms with Gasteiger partial charge in [-0.05, 0) is 24.3 Å². The molecule has 3 aliphatic heterocycles. The average Bonchev–Trinajstić information content (AvgIpc) is 3.25. The second-order valence-electron chi connectivity index (χ2n) is 9.82. The molecule has 10 heteroatoms. The van der Waals surface area contributed by atoms with E-state index in [1.165, 1.54) is 12.4 Å². The molecule has 8 nitrogen and oxygen atoms in total. The lowest BCUT2D eigenvalue weighted by Gasteiger charge is -2.47. The van der Waals surface area contributed by atoms with Gasteiger partial charge in [0, 0.05) is 23.9 Å². The van der Waals surface area contributed by atoms with Crippen molar-refractivity contribution in [2.75, 3.05) is 18.1 Å². The maximum Gasteiger partial charge on any atom is 0.407 e. The predicted molar refractivity (Wildman–Crippen MR) is 136 cm³/mol. The number of aromatic nitrogens is 3. The molecule has 3 aliphatic rings. The van der Waals surface area contributed by atoms with Crippen molar-refractivity contribution in [2.24, 2.45) is 0 Å². The fourth-order valence-electron chi connectivity index (χ4n) is 6.46. The number of hydrogen-bond acceptors (Lipinski definition) is 6. The standard InChI is InChI=1S/C28H21F2N5O3/c1-2-16-18(29)8-6-14-4-3-5-17(21(14)16)24-23(30)25-22-26(32-13-31-25)34-12-15-7-9-20(35(15)28(36)37)19(34)10-11-38-27(22)33-24/h1,3-6,8,13,15,19-20H,7,9-12H2,(H,36,37). The van der Waals surface area contributed by atoms with Crippen LogP contribution in [0, 0.1) is 24.0 Å². The van der Waals surface area contributed by atoms with E-state index >= 15 is 4.39 Å². The molecule has 38 heavy (non-hydrogen) atoms. The van der Waals surface area contributed by atoms with Crippen molar-refractivity contribution < 1.29 is 23.4 Å². The van der Waals surface area contributed by atoms with Crippen LogP contribution in [0.25, 0.3) is 32.9 Å². The minimum Gasteiger partial charge on any atom is -0.477 e. The van der Waals surface area contributed by atoms with Gasteiger partial charge in [0.25, 0.3) is 0 Å². The number of nitrogens with zero attached hydrogens (tertiary/aromatic N) is 5. The summed E-state index contributed by atoms with van der Waals surface area (Å²) in [5, 5.41) is 11.2. The van der Waals surface area contributed by atoms with E-state index in [0.29, 0.717) is 40.5 Å². The van der Waals surface area contributed by atoms with E-state index in [1.807, 2.05) is 0 Å². The Balaban J connectivity index is 1.45. The van der Waals surface area contributed by atoms with Gasteiger partial charge in [0.1, 0.15) is 34.6 Å². The van der Waals surface area contributed by atoms with Crippen LogP contribution in [-0.4, -0.2) is 62.3 Å². The lowest BCUT2D eigenvalue weighted by atomic mass is 9.96. The van der Waals surface area contributed by atoms with Crippen LogP contribution in [0.5, 0.6) is 5.88 Å². The number of carbonyl (C=O) groups is 1. The highest BCUT2D eigenvalue weighted by Gasteiger charge is 2.49. The summed E-state index contributed by atoms with van der Waals surface area (Å²) in [5.41, 5.74) is 0.348. The molecule has 3 atom stereocenters. The van der Waals surface area contributed by atoms with E-state index in [0.717, 1.165) is 12.8 Å². The summed E-state index contributed by atoms with van der Waals surface area (Å²) in [7, 11) is 0. The topological polar surface area (TPSA) is 91.7 Å². The van der Waals surface area contributed by atoms with E-state index in [1.54, 1.807) is 29.2 Å². The number of hydrogen-bond donors (Lipinski definition) is 1. The molecule has 1 amide bonds. The van der Waals surface area contributed by atoms with E-state index in [9.17, 15) is 14.3 Å². The molecule has 2 aromatic heterocycles. The number of pyridine rings is 1. The normalized spacial score (nSPS) is 22.0. The molecule has 2 saturated heterocycles. The SMILES string of the molecule is C#Cc1c(F)ccc2cccc(-c3nc4c5c(ncnc5c3F)N3CC5CCC(C3CCO4)N5C(=O)O)c12. The zero-order valence-electron chi connectivity index (χ0n) is 20.1. The van der Waals surface area contributed by atoms with E-state index in [2.05, 4.69) is 25.8 Å². The highest BCUT2D eigenvalue weighted by molar-refractivity contribution is 6.03. The largest absolute Gasteiger partial charge is 0.477 e. The molecule has 2 fully saturated rings. The number of carboxylic acid groups (broad SMARTS) is 1. The summed E-state index contributed by atoms with van der Waals surface area (Å²) in [6, 6.07) is 7.50. The summed E-state index contributed by atoms with van der Waals surface area (Å²) < 4.78 is 37.0. The van der Waals surface area contributed by atoms with E-state index in [4.69, 9.17) is 11.2 Å². The molecule has 2 aromatic carbocycles. The number of anilines is 1. The number of terminal acetylenes is 1. The Morgan fingerprint density at radius 2 is 1.97 bits per heavy atom. The zero-order valence-corrected chi connectivity index (χ0v) is 20.1. The van der Waals surface area contributed by atoms with Crippen LogP contribution in [0.2, 0.25) is 0 Å². The first kappa shape index (κ1) is 22.7. The van der Waals surface area contributed by atoms with E-state index in [-0.39, 0.29) is 47.4 Å². The Labute approximate surface area is 215 Å². The van der Waals surface area contributed by atoms with Gasteiger partial charge in [-0.15, -0.1) is 6.42 Å². The maximum absolute atomic E-state index is 16.3. The number of rotatable bonds is 1. The van der Waals surface area contributed by atoms with Gasteiger partial charge in [-0.25, -0.2) is 28.5 Å². The fourth-order valence-corrected chi connectivity index (χ4v) is 6.46. The molecule has 5 heterocycles. The second kappa shape index (κ2) is 8.25. The van der Waals surface area contributed by atoms with Crippen molar-refractivity contribution in [1.82, 2.24) is 19.9 Å². The Morgan fingerprint density at radius 1 is 1.11 bits per heavy atom. The minimum atomic E-state index is -0.927. The molecule has 0 aliphatic carbocycles. The molecular formula is C28H21F2N5O3. The fraction of sp³-hybridized carbons (Fsp3) is 0.286. The third kappa shape index (κ3) is 3.08. The summed E-state index contributed by atoms with van der Waals surface area (Å²) in [6.45, 7) is 0.688. The molecule has 0 saturated carbocycles. The van der Waals surface area contributed by atoms with Crippen LogP contribution in [0.4, 0.5) is 19.4 Å². The number of fused-ring (bicyclic) bond motifs is 6. The average molecular weight is 514 g/mol. The summed E-state index contributed by atoms with van der Waals surface area (Å²) in [5.74, 6) is 1.77. The van der Waals surface area contributed by atoms with Crippen molar-refractivity contribution in [3.8, 4) is 29.5 Å². The molecule has 3 unspecified atom stereocenters. The minimum absolute atomic E-state index is 0.0272. The Bertz CT molecular complexity index is 1700. The van der Waals surface area contributed by atoms with Crippen molar-refractivity contribution in [3.05, 3.63) is 53.9 Å². The number of benzene rings is 2. The van der Waals surface area contributed by atoms with Gasteiger partial charge in [-0.2, -0.15) is 0 Å². The molecular weight excluding hydrogens is 492 g/mol. The van der Waals surface area contributed by atoms with Crippen LogP contribution in [0.15, 0.2) is 36.7 Å². The Hall–Kier alpha value is -4.52. The first-order chi connectivity index (χ1) is 18.5. The van der Waals surface area contributed by atoms with Gasteiger partial charge in [0.05, 0.1) is 30.3 Å².